The van der Waals surface area contributed by atoms with Gasteiger partial charge in [-0.25, -0.2) is 8.42 Å². The van der Waals surface area contributed by atoms with Crippen LogP contribution < -0.4 is 5.32 Å². The van der Waals surface area contributed by atoms with Gasteiger partial charge in [-0.2, -0.15) is 8.78 Å². The van der Waals surface area contributed by atoms with Gasteiger partial charge < -0.3 is 5.32 Å². The summed E-state index contributed by atoms with van der Waals surface area (Å²) in [7, 11) is -4.67. The highest BCUT2D eigenvalue weighted by molar-refractivity contribution is 9.10. The first kappa shape index (κ1) is 19.9. The molecule has 1 fully saturated rings. The van der Waals surface area contributed by atoms with E-state index in [1.54, 1.807) is 0 Å². The van der Waals surface area contributed by atoms with Gasteiger partial charge in [0.25, 0.3) is 5.91 Å². The van der Waals surface area contributed by atoms with Crippen LogP contribution in [0.1, 0.15) is 41.2 Å². The summed E-state index contributed by atoms with van der Waals surface area (Å²) in [6.45, 7) is 0. The average molecular weight is 458 g/mol. The second-order valence-corrected chi connectivity index (χ2v) is 9.36. The van der Waals surface area contributed by atoms with Gasteiger partial charge >= 0.3 is 5.76 Å². The minimum absolute atomic E-state index is 0.149. The number of hydrogen-bond donors (Lipinski definition) is 1. The molecular weight excluding hydrogens is 440 g/mol. The number of alkyl halides is 2. The van der Waals surface area contributed by atoms with Crippen LogP contribution in [0.4, 0.5) is 8.78 Å². The summed E-state index contributed by atoms with van der Waals surface area (Å²) in [6.07, 6.45) is 3.16. The van der Waals surface area contributed by atoms with E-state index in [4.69, 9.17) is 0 Å². The van der Waals surface area contributed by atoms with E-state index in [2.05, 4.69) is 21.2 Å². The van der Waals surface area contributed by atoms with Crippen LogP contribution in [0.15, 0.2) is 57.9 Å². The first-order valence-electron chi connectivity index (χ1n) is 8.47. The second kappa shape index (κ2) is 8.06. The molecule has 0 spiro atoms. The first-order valence-corrected chi connectivity index (χ1v) is 10.8. The summed E-state index contributed by atoms with van der Waals surface area (Å²) in [5.41, 5.74) is 1.22. The highest BCUT2D eigenvalue weighted by atomic mass is 79.9. The predicted octanol–water partition coefficient (Wildman–Crippen LogP) is 4.72. The van der Waals surface area contributed by atoms with Crippen LogP contribution >= 0.6 is 15.9 Å². The highest BCUT2D eigenvalue weighted by Gasteiger charge is 2.30. The number of sulfone groups is 1. The normalized spacial score (nSPS) is 16.0. The van der Waals surface area contributed by atoms with Crippen LogP contribution in [0.5, 0.6) is 0 Å². The lowest BCUT2D eigenvalue weighted by atomic mass is 9.77. The molecule has 8 heteroatoms. The number of rotatable bonds is 6. The number of carbonyl (C=O) groups excluding carboxylic acids is 1. The average Bonchev–Trinajstić information content (AvgIpc) is 2.60. The molecule has 0 heterocycles. The van der Waals surface area contributed by atoms with E-state index in [0.29, 0.717) is 5.92 Å². The zero-order valence-corrected chi connectivity index (χ0v) is 16.6. The van der Waals surface area contributed by atoms with Gasteiger partial charge in [-0.05, 0) is 60.7 Å². The Morgan fingerprint density at radius 2 is 1.63 bits per heavy atom. The monoisotopic (exact) mass is 457 g/mol. The molecule has 0 aliphatic heterocycles. The lowest BCUT2D eigenvalue weighted by Crippen LogP contribution is -2.36. The van der Waals surface area contributed by atoms with Crippen molar-refractivity contribution in [2.75, 3.05) is 0 Å². The Kier molecular flexibility index (Phi) is 5.95. The molecule has 1 atom stereocenters. The van der Waals surface area contributed by atoms with Gasteiger partial charge in [0.2, 0.25) is 9.84 Å². The topological polar surface area (TPSA) is 63.2 Å². The molecule has 2 aromatic carbocycles. The molecular formula is C19H18BrF2NO3S. The summed E-state index contributed by atoms with van der Waals surface area (Å²) < 4.78 is 49.1. The Balaban J connectivity index is 1.79. The molecule has 2 aromatic rings. The molecule has 1 saturated carbocycles. The summed E-state index contributed by atoms with van der Waals surface area (Å²) in [5, 5.41) is 3.00. The highest BCUT2D eigenvalue weighted by Crippen LogP contribution is 2.38. The summed E-state index contributed by atoms with van der Waals surface area (Å²) in [5.74, 6) is -3.51. The van der Waals surface area contributed by atoms with Crippen molar-refractivity contribution in [2.24, 2.45) is 5.92 Å². The maximum Gasteiger partial charge on any atom is 0.341 e. The van der Waals surface area contributed by atoms with Crippen molar-refractivity contribution >= 4 is 31.7 Å². The van der Waals surface area contributed by atoms with E-state index in [9.17, 15) is 22.0 Å². The smallest absolute Gasteiger partial charge is 0.341 e. The summed E-state index contributed by atoms with van der Waals surface area (Å²) >= 11 is 3.39. The third-order valence-electron chi connectivity index (χ3n) is 4.82. The molecule has 1 N–H and O–H groups in total. The van der Waals surface area contributed by atoms with Crippen LogP contribution in [-0.2, 0) is 9.84 Å². The lowest BCUT2D eigenvalue weighted by molar-refractivity contribution is 0.0900. The molecule has 0 saturated heterocycles. The number of benzene rings is 2. The van der Waals surface area contributed by atoms with Crippen molar-refractivity contribution < 1.29 is 22.0 Å². The number of amides is 1. The van der Waals surface area contributed by atoms with E-state index < -0.39 is 20.5 Å². The molecule has 1 amide bonds. The minimum Gasteiger partial charge on any atom is -0.345 e. The van der Waals surface area contributed by atoms with Crippen LogP contribution in [-0.4, -0.2) is 20.1 Å². The second-order valence-electron chi connectivity index (χ2n) is 6.52. The van der Waals surface area contributed by atoms with E-state index in [0.717, 1.165) is 41.4 Å². The fraction of sp³-hybridized carbons (Fsp3) is 0.316. The number of hydrogen-bond acceptors (Lipinski definition) is 3. The summed E-state index contributed by atoms with van der Waals surface area (Å²) in [4.78, 5) is 12.1. The van der Waals surface area contributed by atoms with Crippen molar-refractivity contribution in [3.8, 4) is 0 Å². The van der Waals surface area contributed by atoms with Crippen molar-refractivity contribution in [3.05, 3.63) is 64.1 Å². The Morgan fingerprint density at radius 1 is 1.04 bits per heavy atom. The lowest BCUT2D eigenvalue weighted by Gasteiger charge is -2.34. The van der Waals surface area contributed by atoms with Crippen molar-refractivity contribution in [1.82, 2.24) is 5.32 Å². The molecule has 1 aliphatic carbocycles. The quantitative estimate of drug-likeness (QED) is 0.682. The fourth-order valence-corrected chi connectivity index (χ4v) is 4.03. The zero-order valence-electron chi connectivity index (χ0n) is 14.2. The van der Waals surface area contributed by atoms with Crippen molar-refractivity contribution in [1.29, 1.82) is 0 Å². The molecule has 27 heavy (non-hydrogen) atoms. The van der Waals surface area contributed by atoms with Crippen LogP contribution in [0.25, 0.3) is 0 Å². The van der Waals surface area contributed by atoms with Gasteiger partial charge in [0.1, 0.15) is 0 Å². The minimum atomic E-state index is -4.67. The predicted molar refractivity (Wildman–Crippen MR) is 101 cm³/mol. The standard InChI is InChI=1S/C19H18BrF2NO3S/c20-15-8-4-13(5-9-15)17(12-2-1-3-12)23-18(24)14-6-10-16(11-7-14)27(25,26)19(21)22/h4-12,17,19H,1-3H2,(H,23,24). The molecule has 1 unspecified atom stereocenters. The van der Waals surface area contributed by atoms with Crippen molar-refractivity contribution in [3.63, 3.8) is 0 Å². The summed E-state index contributed by atoms with van der Waals surface area (Å²) in [6, 6.07) is 12.2. The number of carbonyl (C=O) groups is 1. The van der Waals surface area contributed by atoms with Gasteiger partial charge in [-0.3, -0.25) is 4.79 Å². The largest absolute Gasteiger partial charge is 0.345 e. The Morgan fingerprint density at radius 3 is 2.11 bits per heavy atom. The molecule has 3 rings (SSSR count). The molecule has 0 radical (unpaired) electrons. The van der Waals surface area contributed by atoms with Gasteiger partial charge in [0, 0.05) is 10.0 Å². The van der Waals surface area contributed by atoms with E-state index >= 15 is 0 Å². The van der Waals surface area contributed by atoms with Crippen LogP contribution in [0.3, 0.4) is 0 Å². The van der Waals surface area contributed by atoms with Crippen LogP contribution in [0, 0.1) is 5.92 Å². The number of halogens is 3. The SMILES string of the molecule is O=C(NC(c1ccc(Br)cc1)C1CCC1)c1ccc(S(=O)(=O)C(F)F)cc1. The third kappa shape index (κ3) is 4.38. The molecule has 0 aromatic heterocycles. The van der Waals surface area contributed by atoms with E-state index in [1.165, 1.54) is 12.1 Å². The molecule has 0 bridgehead atoms. The van der Waals surface area contributed by atoms with E-state index in [1.807, 2.05) is 24.3 Å². The number of nitrogens with one attached hydrogen (secondary N) is 1. The molecule has 1 aliphatic rings. The Labute approximate surface area is 165 Å². The molecule has 4 nitrogen and oxygen atoms in total. The van der Waals surface area contributed by atoms with Gasteiger partial charge in [-0.1, -0.05) is 34.5 Å². The maximum absolute atomic E-state index is 12.6. The maximum atomic E-state index is 12.6. The fourth-order valence-electron chi connectivity index (χ4n) is 3.04. The van der Waals surface area contributed by atoms with Gasteiger partial charge in [0.15, 0.2) is 0 Å². The Hall–Kier alpha value is -1.80. The zero-order chi connectivity index (χ0) is 19.6. The van der Waals surface area contributed by atoms with Gasteiger partial charge in [0.05, 0.1) is 10.9 Å². The van der Waals surface area contributed by atoms with Crippen LogP contribution in [0.2, 0.25) is 0 Å². The first-order chi connectivity index (χ1) is 12.8. The third-order valence-corrected chi connectivity index (χ3v) is 6.74. The van der Waals surface area contributed by atoms with Gasteiger partial charge in [-0.15, -0.1) is 0 Å². The van der Waals surface area contributed by atoms with Crippen molar-refractivity contribution in [2.45, 2.75) is 36.0 Å². The Bertz CT molecular complexity index is 911. The molecule has 144 valence electrons. The van der Waals surface area contributed by atoms with E-state index in [-0.39, 0.29) is 17.5 Å².